The molecule has 0 saturated heterocycles. The van der Waals surface area contributed by atoms with Crippen LogP contribution in [0.5, 0.6) is 5.75 Å². The van der Waals surface area contributed by atoms with Gasteiger partial charge >= 0.3 is 0 Å². The average molecular weight is 476 g/mol. The number of carbonyl (C=O) groups excluding carboxylic acids is 1. The monoisotopic (exact) mass is 475 g/mol. The molecular weight excluding hydrogens is 450 g/mol. The summed E-state index contributed by atoms with van der Waals surface area (Å²) in [7, 11) is -2.23. The Morgan fingerprint density at radius 1 is 1.00 bits per heavy atom. The van der Waals surface area contributed by atoms with Crippen molar-refractivity contribution in [1.82, 2.24) is 10.3 Å². The van der Waals surface area contributed by atoms with Gasteiger partial charge in [-0.1, -0.05) is 36.4 Å². The lowest BCUT2D eigenvalue weighted by Gasteiger charge is -2.20. The van der Waals surface area contributed by atoms with Crippen molar-refractivity contribution < 1.29 is 17.9 Å². The predicted octanol–water partition coefficient (Wildman–Crippen LogP) is 4.32. The fraction of sp³-hybridized carbons (Fsp3) is 0.154. The average Bonchev–Trinajstić information content (AvgIpc) is 2.87. The van der Waals surface area contributed by atoms with E-state index >= 15 is 0 Å². The van der Waals surface area contributed by atoms with Gasteiger partial charge in [-0.25, -0.2) is 8.42 Å². The number of nitrogens with zero attached hydrogens (tertiary/aromatic N) is 2. The number of benzene rings is 3. The van der Waals surface area contributed by atoms with Crippen LogP contribution in [-0.2, 0) is 14.8 Å². The van der Waals surface area contributed by atoms with Gasteiger partial charge in [0.25, 0.3) is 15.9 Å². The first kappa shape index (κ1) is 23.3. The van der Waals surface area contributed by atoms with Crippen molar-refractivity contribution in [3.63, 3.8) is 0 Å². The second-order valence-electron chi connectivity index (χ2n) is 7.84. The largest absolute Gasteiger partial charge is 0.484 e. The third-order valence-corrected chi connectivity index (χ3v) is 7.29. The summed E-state index contributed by atoms with van der Waals surface area (Å²) in [6.45, 7) is 1.71. The summed E-state index contributed by atoms with van der Waals surface area (Å²) in [5.41, 5.74) is 1.38. The highest BCUT2D eigenvalue weighted by Gasteiger charge is 2.21. The molecule has 34 heavy (non-hydrogen) atoms. The van der Waals surface area contributed by atoms with Gasteiger partial charge in [-0.15, -0.1) is 0 Å². The Morgan fingerprint density at radius 2 is 1.74 bits per heavy atom. The minimum atomic E-state index is -3.74. The van der Waals surface area contributed by atoms with Gasteiger partial charge in [0.05, 0.1) is 16.6 Å². The molecule has 3 aromatic carbocycles. The second-order valence-corrected chi connectivity index (χ2v) is 9.81. The van der Waals surface area contributed by atoms with E-state index in [9.17, 15) is 13.2 Å². The molecule has 8 heteroatoms. The van der Waals surface area contributed by atoms with Crippen LogP contribution < -0.4 is 14.4 Å². The molecule has 7 nitrogen and oxygen atoms in total. The number of aromatic nitrogens is 1. The Kier molecular flexibility index (Phi) is 6.79. The van der Waals surface area contributed by atoms with Crippen LogP contribution in [0.25, 0.3) is 10.8 Å². The van der Waals surface area contributed by atoms with Crippen molar-refractivity contribution in [3.8, 4) is 5.75 Å². The quantitative estimate of drug-likeness (QED) is 0.410. The molecule has 1 N–H and O–H groups in total. The molecule has 0 spiro atoms. The van der Waals surface area contributed by atoms with Crippen LogP contribution in [-0.4, -0.2) is 33.0 Å². The third kappa shape index (κ3) is 5.18. The van der Waals surface area contributed by atoms with Crippen LogP contribution in [0.2, 0.25) is 0 Å². The van der Waals surface area contributed by atoms with Gasteiger partial charge in [0.15, 0.2) is 6.61 Å². The van der Waals surface area contributed by atoms with Crippen LogP contribution in [0, 0.1) is 0 Å². The number of pyridine rings is 1. The summed E-state index contributed by atoms with van der Waals surface area (Å²) in [6.07, 6.45) is 3.38. The lowest BCUT2D eigenvalue weighted by atomic mass is 10.1. The highest BCUT2D eigenvalue weighted by Crippen LogP contribution is 2.26. The predicted molar refractivity (Wildman–Crippen MR) is 132 cm³/mol. The summed E-state index contributed by atoms with van der Waals surface area (Å²) in [5.74, 6) is 0.195. The number of hydrogen-bond acceptors (Lipinski definition) is 5. The molecule has 1 heterocycles. The Balaban J connectivity index is 1.38. The normalized spacial score (nSPS) is 12.2. The lowest BCUT2D eigenvalue weighted by molar-refractivity contribution is -0.123. The zero-order chi connectivity index (χ0) is 24.1. The smallest absolute Gasteiger partial charge is 0.264 e. The van der Waals surface area contributed by atoms with Gasteiger partial charge in [0.2, 0.25) is 0 Å². The molecular formula is C26H25N3O4S. The van der Waals surface area contributed by atoms with E-state index in [0.29, 0.717) is 11.4 Å². The fourth-order valence-corrected chi connectivity index (χ4v) is 4.76. The van der Waals surface area contributed by atoms with Crippen LogP contribution in [0.4, 0.5) is 5.69 Å². The van der Waals surface area contributed by atoms with Crippen molar-refractivity contribution >= 4 is 32.4 Å². The summed E-state index contributed by atoms with van der Waals surface area (Å²) in [5, 5.41) is 4.69. The molecule has 4 rings (SSSR count). The van der Waals surface area contributed by atoms with Crippen molar-refractivity contribution in [1.29, 1.82) is 0 Å². The van der Waals surface area contributed by atoms with E-state index in [4.69, 9.17) is 4.74 Å². The third-order valence-electron chi connectivity index (χ3n) is 5.51. The summed E-state index contributed by atoms with van der Waals surface area (Å²) in [6, 6.07) is 22.8. The fourth-order valence-electron chi connectivity index (χ4n) is 3.52. The van der Waals surface area contributed by atoms with Crippen molar-refractivity contribution in [2.24, 2.45) is 0 Å². The standard InChI is InChI=1S/C26H25N3O4S/c1-19(22-8-5-15-27-17-22)28-26(30)18-33-24-12-10-23(11-13-24)29(2)34(31,32)25-14-9-20-6-3-4-7-21(20)16-25/h3-17,19H,18H2,1-2H3,(H,28,30). The minimum absolute atomic E-state index is 0.158. The number of ether oxygens (including phenoxy) is 1. The SMILES string of the molecule is CC(NC(=O)COc1ccc(N(C)S(=O)(=O)c2ccc3ccccc3c2)cc1)c1cccnc1. The molecule has 1 amide bonds. The van der Waals surface area contributed by atoms with Crippen molar-refractivity contribution in [3.05, 3.63) is 96.8 Å². The first-order valence-corrected chi connectivity index (χ1v) is 12.2. The maximum absolute atomic E-state index is 13.1. The molecule has 174 valence electrons. The van der Waals surface area contributed by atoms with E-state index in [1.807, 2.05) is 43.3 Å². The van der Waals surface area contributed by atoms with E-state index in [-0.39, 0.29) is 23.5 Å². The van der Waals surface area contributed by atoms with E-state index in [2.05, 4.69) is 10.3 Å². The zero-order valence-electron chi connectivity index (χ0n) is 18.9. The summed E-state index contributed by atoms with van der Waals surface area (Å²) in [4.78, 5) is 16.5. The van der Waals surface area contributed by atoms with Gasteiger partial charge in [0.1, 0.15) is 5.75 Å². The van der Waals surface area contributed by atoms with E-state index in [1.54, 1.807) is 54.9 Å². The van der Waals surface area contributed by atoms with E-state index in [0.717, 1.165) is 16.3 Å². The number of sulfonamides is 1. The molecule has 0 bridgehead atoms. The molecule has 0 aliphatic rings. The first-order chi connectivity index (χ1) is 16.3. The molecule has 1 atom stereocenters. The van der Waals surface area contributed by atoms with Gasteiger partial charge in [-0.2, -0.15) is 0 Å². The minimum Gasteiger partial charge on any atom is -0.484 e. The number of fused-ring (bicyclic) bond motifs is 1. The molecule has 0 radical (unpaired) electrons. The molecule has 1 unspecified atom stereocenters. The Hall–Kier alpha value is -3.91. The Bertz CT molecular complexity index is 1390. The van der Waals surface area contributed by atoms with Crippen LogP contribution in [0.1, 0.15) is 18.5 Å². The van der Waals surface area contributed by atoms with E-state index in [1.165, 1.54) is 11.4 Å². The highest BCUT2D eigenvalue weighted by molar-refractivity contribution is 7.92. The molecule has 0 aliphatic carbocycles. The Morgan fingerprint density at radius 3 is 2.44 bits per heavy atom. The molecule has 0 saturated carbocycles. The van der Waals surface area contributed by atoms with Crippen LogP contribution in [0.3, 0.4) is 0 Å². The number of anilines is 1. The molecule has 0 aliphatic heterocycles. The number of amides is 1. The van der Waals surface area contributed by atoms with Gasteiger partial charge in [-0.3, -0.25) is 14.1 Å². The zero-order valence-corrected chi connectivity index (χ0v) is 19.7. The first-order valence-electron chi connectivity index (χ1n) is 10.7. The highest BCUT2D eigenvalue weighted by atomic mass is 32.2. The summed E-state index contributed by atoms with van der Waals surface area (Å²) < 4.78 is 33.1. The molecule has 1 aromatic heterocycles. The number of hydrogen-bond donors (Lipinski definition) is 1. The number of nitrogens with one attached hydrogen (secondary N) is 1. The lowest BCUT2D eigenvalue weighted by Crippen LogP contribution is -2.31. The van der Waals surface area contributed by atoms with E-state index < -0.39 is 10.0 Å². The Labute approximate surface area is 199 Å². The topological polar surface area (TPSA) is 88.6 Å². The van der Waals surface area contributed by atoms with Crippen LogP contribution in [0.15, 0.2) is 96.2 Å². The number of carbonyl (C=O) groups is 1. The molecule has 4 aromatic rings. The number of rotatable bonds is 8. The van der Waals surface area contributed by atoms with Crippen molar-refractivity contribution in [2.45, 2.75) is 17.9 Å². The van der Waals surface area contributed by atoms with Gasteiger partial charge < -0.3 is 10.1 Å². The maximum atomic E-state index is 13.1. The molecule has 0 fully saturated rings. The van der Waals surface area contributed by atoms with Gasteiger partial charge in [0, 0.05) is 19.4 Å². The van der Waals surface area contributed by atoms with Crippen LogP contribution >= 0.6 is 0 Å². The summed E-state index contributed by atoms with van der Waals surface area (Å²) >= 11 is 0. The second kappa shape index (κ2) is 9.93. The van der Waals surface area contributed by atoms with Gasteiger partial charge in [-0.05, 0) is 65.7 Å². The van der Waals surface area contributed by atoms with Crippen molar-refractivity contribution in [2.75, 3.05) is 18.0 Å². The maximum Gasteiger partial charge on any atom is 0.264 e.